The molecule has 3 aromatic rings. The van der Waals surface area contributed by atoms with Gasteiger partial charge in [0, 0.05) is 18.8 Å². The molecule has 1 aliphatic heterocycles. The van der Waals surface area contributed by atoms with Gasteiger partial charge in [-0.3, -0.25) is 4.79 Å². The van der Waals surface area contributed by atoms with Gasteiger partial charge in [-0.2, -0.15) is 14.2 Å². The fourth-order valence-electron chi connectivity index (χ4n) is 3.23. The van der Waals surface area contributed by atoms with E-state index in [0.29, 0.717) is 18.9 Å². The molecule has 2 aromatic carbocycles. The number of carbonyl (C=O) groups is 2. The molecule has 1 fully saturated rings. The molecule has 1 aromatic heterocycles. The minimum Gasteiger partial charge on any atom is -0.448 e. The van der Waals surface area contributed by atoms with Crippen LogP contribution < -0.4 is 5.32 Å². The predicted octanol–water partition coefficient (Wildman–Crippen LogP) is 1.47. The summed E-state index contributed by atoms with van der Waals surface area (Å²) in [7, 11) is -3.72. The van der Waals surface area contributed by atoms with Crippen LogP contribution in [0.25, 0.3) is 5.69 Å². The van der Waals surface area contributed by atoms with Crippen molar-refractivity contribution in [2.45, 2.75) is 17.9 Å². The number of rotatable bonds is 7. The minimum absolute atomic E-state index is 0.0503. The third-order valence-corrected chi connectivity index (χ3v) is 6.95. The van der Waals surface area contributed by atoms with Crippen LogP contribution in [0.15, 0.2) is 65.7 Å². The number of hydrogen-bond acceptors (Lipinski definition) is 8. The van der Waals surface area contributed by atoms with E-state index in [0.717, 1.165) is 0 Å². The van der Waals surface area contributed by atoms with Crippen molar-refractivity contribution < 1.29 is 27.5 Å². The fourth-order valence-corrected chi connectivity index (χ4v) is 4.69. The summed E-state index contributed by atoms with van der Waals surface area (Å²) >= 11 is 0. The van der Waals surface area contributed by atoms with Crippen molar-refractivity contribution in [1.29, 1.82) is 0 Å². The molecule has 11 nitrogen and oxygen atoms in total. The molecule has 1 N–H and O–H groups in total. The number of nitrogens with one attached hydrogen (secondary N) is 1. The topological polar surface area (TPSA) is 133 Å². The Balaban J connectivity index is 1.39. The number of anilines is 1. The van der Waals surface area contributed by atoms with Gasteiger partial charge in [-0.05, 0) is 37.3 Å². The van der Waals surface area contributed by atoms with Crippen molar-refractivity contribution >= 4 is 27.6 Å². The van der Waals surface area contributed by atoms with Gasteiger partial charge in [-0.25, -0.2) is 13.2 Å². The Kier molecular flexibility index (Phi) is 7.01. The molecule has 0 bridgehead atoms. The summed E-state index contributed by atoms with van der Waals surface area (Å²) in [4.78, 5) is 26.3. The van der Waals surface area contributed by atoms with Crippen LogP contribution in [0.3, 0.4) is 0 Å². The Morgan fingerprint density at radius 2 is 1.82 bits per heavy atom. The molecule has 2 heterocycles. The highest BCUT2D eigenvalue weighted by atomic mass is 32.2. The number of sulfonamides is 1. The molecule has 1 saturated heterocycles. The number of aromatic nitrogens is 3. The van der Waals surface area contributed by atoms with Crippen molar-refractivity contribution in [1.82, 2.24) is 19.3 Å². The molecule has 178 valence electrons. The maximum atomic E-state index is 12.8. The van der Waals surface area contributed by atoms with Crippen molar-refractivity contribution in [2.75, 3.05) is 31.6 Å². The molecule has 1 amide bonds. The number of hydrogen-bond donors (Lipinski definition) is 1. The molecule has 4 rings (SSSR count). The molecule has 0 spiro atoms. The molecule has 12 heteroatoms. The van der Waals surface area contributed by atoms with Crippen molar-refractivity contribution in [3.63, 3.8) is 0 Å². The zero-order valence-corrected chi connectivity index (χ0v) is 19.1. The van der Waals surface area contributed by atoms with Gasteiger partial charge in [0.25, 0.3) is 5.91 Å². The highest BCUT2D eigenvalue weighted by Crippen LogP contribution is 2.21. The van der Waals surface area contributed by atoms with Crippen molar-refractivity contribution in [3.8, 4) is 5.69 Å². The Bertz CT molecular complexity index is 1270. The van der Waals surface area contributed by atoms with Crippen LogP contribution in [-0.4, -0.2) is 72.0 Å². The maximum Gasteiger partial charge on any atom is 0.361 e. The van der Waals surface area contributed by atoms with E-state index >= 15 is 0 Å². The molecular formula is C22H23N5O6S. The van der Waals surface area contributed by atoms with Gasteiger partial charge in [0.15, 0.2) is 11.8 Å². The van der Waals surface area contributed by atoms with Gasteiger partial charge in [0.1, 0.15) is 0 Å². The van der Waals surface area contributed by atoms with Gasteiger partial charge in [-0.1, -0.05) is 24.3 Å². The predicted molar refractivity (Wildman–Crippen MR) is 121 cm³/mol. The molecule has 0 radical (unpaired) electrons. The summed E-state index contributed by atoms with van der Waals surface area (Å²) in [5.74, 6) is -1.43. The number of morpholine rings is 1. The molecule has 0 unspecified atom stereocenters. The number of ether oxygens (including phenoxy) is 2. The van der Waals surface area contributed by atoms with Crippen molar-refractivity contribution in [3.05, 3.63) is 66.5 Å². The summed E-state index contributed by atoms with van der Waals surface area (Å²) in [5, 5.41) is 10.7. The SMILES string of the molecule is C[C@H](OC(=O)c1cnn(-c2ccccc2)n1)C(=O)Nc1cccc(S(=O)(=O)N2CCOCC2)c1. The van der Waals surface area contributed by atoms with Gasteiger partial charge in [0.2, 0.25) is 10.0 Å². The summed E-state index contributed by atoms with van der Waals surface area (Å²) in [5.41, 5.74) is 0.874. The lowest BCUT2D eigenvalue weighted by Gasteiger charge is -2.26. The standard InChI is InChI=1S/C22H23N5O6S/c1-16(33-22(29)20-15-23-27(25-20)18-7-3-2-4-8-18)21(28)24-17-6-5-9-19(14-17)34(30,31)26-10-12-32-13-11-26/h2-9,14-16H,10-13H2,1H3,(H,24,28)/t16-/m0/s1. The first-order valence-corrected chi connectivity index (χ1v) is 12.0. The third kappa shape index (κ3) is 5.30. The summed E-state index contributed by atoms with van der Waals surface area (Å²) in [6, 6.07) is 14.9. The van der Waals surface area contributed by atoms with Crippen LogP contribution in [0, 0.1) is 0 Å². The van der Waals surface area contributed by atoms with Gasteiger partial charge >= 0.3 is 5.97 Å². The van der Waals surface area contributed by atoms with E-state index in [1.165, 1.54) is 40.4 Å². The monoisotopic (exact) mass is 485 g/mol. The molecule has 1 aliphatic rings. The van der Waals surface area contributed by atoms with E-state index in [1.54, 1.807) is 18.2 Å². The highest BCUT2D eigenvalue weighted by molar-refractivity contribution is 7.89. The second kappa shape index (κ2) is 10.1. The van der Waals surface area contributed by atoms with Crippen LogP contribution in [0.5, 0.6) is 0 Å². The smallest absolute Gasteiger partial charge is 0.361 e. The van der Waals surface area contributed by atoms with E-state index in [4.69, 9.17) is 9.47 Å². The number of para-hydroxylation sites is 1. The minimum atomic E-state index is -3.72. The van der Waals surface area contributed by atoms with E-state index in [2.05, 4.69) is 15.5 Å². The Labute approximate surface area is 196 Å². The number of benzene rings is 2. The number of nitrogens with zero attached hydrogens (tertiary/aromatic N) is 4. The number of amides is 1. The van der Waals surface area contributed by atoms with Crippen LogP contribution in [0.4, 0.5) is 5.69 Å². The first-order valence-electron chi connectivity index (χ1n) is 10.5. The molecule has 0 aliphatic carbocycles. The summed E-state index contributed by atoms with van der Waals surface area (Å²) in [6.45, 7) is 2.60. The highest BCUT2D eigenvalue weighted by Gasteiger charge is 2.27. The zero-order chi connectivity index (χ0) is 24.1. The first-order chi connectivity index (χ1) is 16.3. The van der Waals surface area contributed by atoms with Crippen LogP contribution in [-0.2, 0) is 24.3 Å². The quantitative estimate of drug-likeness (QED) is 0.498. The summed E-state index contributed by atoms with van der Waals surface area (Å²) in [6.07, 6.45) is 0.0915. The lowest BCUT2D eigenvalue weighted by Crippen LogP contribution is -2.40. The maximum absolute atomic E-state index is 12.8. The average Bonchev–Trinajstić information content (AvgIpc) is 3.36. The largest absolute Gasteiger partial charge is 0.448 e. The Morgan fingerprint density at radius 1 is 1.09 bits per heavy atom. The Hall–Kier alpha value is -3.61. The second-order valence-electron chi connectivity index (χ2n) is 7.44. The first kappa shape index (κ1) is 23.5. The van der Waals surface area contributed by atoms with Gasteiger partial charge in [0.05, 0.1) is 30.0 Å². The normalized spacial score (nSPS) is 15.4. The second-order valence-corrected chi connectivity index (χ2v) is 9.37. The van der Waals surface area contributed by atoms with E-state index in [1.807, 2.05) is 18.2 Å². The van der Waals surface area contributed by atoms with E-state index in [-0.39, 0.29) is 29.4 Å². The lowest BCUT2D eigenvalue weighted by atomic mass is 10.3. The van der Waals surface area contributed by atoms with Crippen LogP contribution >= 0.6 is 0 Å². The molecule has 34 heavy (non-hydrogen) atoms. The van der Waals surface area contributed by atoms with E-state index in [9.17, 15) is 18.0 Å². The number of carbonyl (C=O) groups excluding carboxylic acids is 2. The van der Waals surface area contributed by atoms with E-state index < -0.39 is 28.0 Å². The third-order valence-electron chi connectivity index (χ3n) is 5.05. The zero-order valence-electron chi connectivity index (χ0n) is 18.3. The van der Waals surface area contributed by atoms with Crippen molar-refractivity contribution in [2.24, 2.45) is 0 Å². The van der Waals surface area contributed by atoms with Crippen LogP contribution in [0.2, 0.25) is 0 Å². The lowest BCUT2D eigenvalue weighted by molar-refractivity contribution is -0.123. The number of esters is 1. The van der Waals surface area contributed by atoms with Gasteiger partial charge in [-0.15, -0.1) is 5.10 Å². The Morgan fingerprint density at radius 3 is 2.56 bits per heavy atom. The van der Waals surface area contributed by atoms with Crippen LogP contribution in [0.1, 0.15) is 17.4 Å². The summed E-state index contributed by atoms with van der Waals surface area (Å²) < 4.78 is 37.4. The average molecular weight is 486 g/mol. The van der Waals surface area contributed by atoms with Gasteiger partial charge < -0.3 is 14.8 Å². The molecule has 0 saturated carbocycles. The fraction of sp³-hybridized carbons (Fsp3) is 0.273. The molecule has 1 atom stereocenters. The molecular weight excluding hydrogens is 462 g/mol.